The Morgan fingerprint density at radius 2 is 1.95 bits per heavy atom. The molecule has 1 aromatic carbocycles. The number of halogens is 2. The Morgan fingerprint density at radius 3 is 2.71 bits per heavy atom. The van der Waals surface area contributed by atoms with Crippen molar-refractivity contribution in [3.63, 3.8) is 0 Å². The maximum Gasteiger partial charge on any atom is 0.142 e. The van der Waals surface area contributed by atoms with Crippen LogP contribution in [0.5, 0.6) is 0 Å². The molecular weight excluding hydrogens is 291 g/mol. The number of aromatic nitrogens is 3. The lowest BCUT2D eigenvalue weighted by molar-refractivity contribution is 0.628. The Bertz CT molecular complexity index is 807. The molecule has 4 nitrogen and oxygen atoms in total. The van der Waals surface area contributed by atoms with Crippen molar-refractivity contribution in [2.24, 2.45) is 0 Å². The molecule has 0 aliphatic carbocycles. The maximum atomic E-state index is 13.5. The van der Waals surface area contributed by atoms with Gasteiger partial charge in [-0.25, -0.2) is 9.37 Å². The fraction of sp³-hybridized carbons (Fsp3) is 0. The number of anilines is 1. The maximum absolute atomic E-state index is 13.5. The highest BCUT2D eigenvalue weighted by Gasteiger charge is 2.14. The first-order valence-electron chi connectivity index (χ1n) is 6.13. The van der Waals surface area contributed by atoms with Crippen LogP contribution >= 0.6 is 11.6 Å². The van der Waals surface area contributed by atoms with Gasteiger partial charge >= 0.3 is 0 Å². The van der Waals surface area contributed by atoms with Gasteiger partial charge in [0.2, 0.25) is 0 Å². The highest BCUT2D eigenvalue weighted by molar-refractivity contribution is 6.33. The topological polar surface area (TPSA) is 64.7 Å². The van der Waals surface area contributed by atoms with Crippen molar-refractivity contribution in [3.05, 3.63) is 59.8 Å². The summed E-state index contributed by atoms with van der Waals surface area (Å²) < 4.78 is 13.5. The molecule has 0 bridgehead atoms. The molecule has 2 aromatic heterocycles. The lowest BCUT2D eigenvalue weighted by Crippen LogP contribution is -1.99. The van der Waals surface area contributed by atoms with E-state index in [1.807, 2.05) is 0 Å². The Kier molecular flexibility index (Phi) is 3.50. The van der Waals surface area contributed by atoms with Crippen molar-refractivity contribution in [3.8, 4) is 22.5 Å². The van der Waals surface area contributed by atoms with Crippen molar-refractivity contribution in [2.75, 3.05) is 5.73 Å². The summed E-state index contributed by atoms with van der Waals surface area (Å²) in [6, 6.07) is 7.81. The van der Waals surface area contributed by atoms with Gasteiger partial charge in [-0.15, -0.1) is 0 Å². The molecule has 0 fully saturated rings. The van der Waals surface area contributed by atoms with Gasteiger partial charge in [0.25, 0.3) is 0 Å². The molecule has 0 aliphatic rings. The lowest BCUT2D eigenvalue weighted by atomic mass is 10.0. The van der Waals surface area contributed by atoms with Gasteiger partial charge in [0, 0.05) is 23.5 Å². The fourth-order valence-electron chi connectivity index (χ4n) is 2.00. The Morgan fingerprint density at radius 1 is 1.10 bits per heavy atom. The molecule has 0 amide bonds. The van der Waals surface area contributed by atoms with E-state index < -0.39 is 0 Å². The summed E-state index contributed by atoms with van der Waals surface area (Å²) in [5.74, 6) is -0.105. The van der Waals surface area contributed by atoms with Gasteiger partial charge in [-0.1, -0.05) is 23.7 Å². The molecule has 3 rings (SSSR count). The Balaban J connectivity index is 2.25. The zero-order chi connectivity index (χ0) is 14.8. The number of hydrogen-bond donors (Lipinski definition) is 1. The first-order valence-corrected chi connectivity index (χ1v) is 6.51. The molecule has 0 aliphatic heterocycles. The highest BCUT2D eigenvalue weighted by Crippen LogP contribution is 2.33. The molecular formula is C15H10ClFN4. The molecule has 0 saturated carbocycles. The third kappa shape index (κ3) is 2.68. The first-order chi connectivity index (χ1) is 10.1. The van der Waals surface area contributed by atoms with Crippen LogP contribution < -0.4 is 5.73 Å². The number of nitrogens with zero attached hydrogens (tertiary/aromatic N) is 3. The summed E-state index contributed by atoms with van der Waals surface area (Å²) >= 11 is 6.15. The second-order valence-corrected chi connectivity index (χ2v) is 4.77. The molecule has 0 saturated heterocycles. The van der Waals surface area contributed by atoms with Crippen molar-refractivity contribution in [2.45, 2.75) is 0 Å². The largest absolute Gasteiger partial charge is 0.382 e. The van der Waals surface area contributed by atoms with Gasteiger partial charge in [-0.2, -0.15) is 0 Å². The van der Waals surface area contributed by atoms with E-state index >= 15 is 0 Å². The second kappa shape index (κ2) is 5.46. The fourth-order valence-corrected chi connectivity index (χ4v) is 2.21. The SMILES string of the molecule is Nc1cnc(-c2ccncc2Cl)c(-c2cccc(F)c2)n1. The van der Waals surface area contributed by atoms with Gasteiger partial charge in [0.1, 0.15) is 11.6 Å². The number of hydrogen-bond acceptors (Lipinski definition) is 4. The minimum atomic E-state index is -0.358. The van der Waals surface area contributed by atoms with Gasteiger partial charge in [-0.3, -0.25) is 9.97 Å². The zero-order valence-electron chi connectivity index (χ0n) is 10.8. The van der Waals surface area contributed by atoms with Crippen LogP contribution in [0, 0.1) is 5.82 Å². The molecule has 0 spiro atoms. The van der Waals surface area contributed by atoms with Crippen LogP contribution in [0.15, 0.2) is 48.9 Å². The van der Waals surface area contributed by atoms with Crippen LogP contribution in [0.25, 0.3) is 22.5 Å². The molecule has 6 heteroatoms. The normalized spacial score (nSPS) is 10.6. The van der Waals surface area contributed by atoms with Gasteiger partial charge in [0.15, 0.2) is 0 Å². The number of nitrogens with two attached hydrogens (primary N) is 1. The van der Waals surface area contributed by atoms with Gasteiger partial charge in [-0.05, 0) is 18.2 Å². The summed E-state index contributed by atoms with van der Waals surface area (Å²) in [7, 11) is 0. The Hall–Kier alpha value is -2.53. The molecule has 3 aromatic rings. The summed E-state index contributed by atoms with van der Waals surface area (Å²) in [6.45, 7) is 0. The summed E-state index contributed by atoms with van der Waals surface area (Å²) in [6.07, 6.45) is 4.56. The van der Waals surface area contributed by atoms with Crippen LogP contribution in [0.3, 0.4) is 0 Å². The molecule has 104 valence electrons. The standard InChI is InChI=1S/C15H10ClFN4/c16-12-7-19-5-4-11(12)15-14(21-13(18)8-20-15)9-2-1-3-10(17)6-9/h1-8H,(H2,18,21). The lowest BCUT2D eigenvalue weighted by Gasteiger charge is -2.10. The number of nitrogen functional groups attached to an aromatic ring is 1. The van der Waals surface area contributed by atoms with E-state index in [9.17, 15) is 4.39 Å². The van der Waals surface area contributed by atoms with Crippen LogP contribution in [-0.4, -0.2) is 15.0 Å². The monoisotopic (exact) mass is 300 g/mol. The average molecular weight is 301 g/mol. The van der Waals surface area contributed by atoms with Crippen LogP contribution in [0.2, 0.25) is 5.02 Å². The smallest absolute Gasteiger partial charge is 0.142 e. The van der Waals surface area contributed by atoms with E-state index in [2.05, 4.69) is 15.0 Å². The number of rotatable bonds is 2. The predicted molar refractivity (Wildman–Crippen MR) is 80.1 cm³/mol. The summed E-state index contributed by atoms with van der Waals surface area (Å²) in [5, 5.41) is 0.439. The first kappa shape index (κ1) is 13.5. The molecule has 0 atom stereocenters. The van der Waals surface area contributed by atoms with Crippen LogP contribution in [-0.2, 0) is 0 Å². The minimum Gasteiger partial charge on any atom is -0.382 e. The summed E-state index contributed by atoms with van der Waals surface area (Å²) in [4.78, 5) is 12.5. The van der Waals surface area contributed by atoms with Gasteiger partial charge in [0.05, 0.1) is 22.6 Å². The molecule has 2 heterocycles. The molecule has 0 radical (unpaired) electrons. The molecule has 2 N–H and O–H groups in total. The third-order valence-electron chi connectivity index (χ3n) is 2.92. The summed E-state index contributed by atoms with van der Waals surface area (Å²) in [5.41, 5.74) is 7.96. The quantitative estimate of drug-likeness (QED) is 0.785. The van der Waals surface area contributed by atoms with E-state index in [1.54, 1.807) is 24.4 Å². The van der Waals surface area contributed by atoms with Crippen LogP contribution in [0.4, 0.5) is 10.2 Å². The van der Waals surface area contributed by atoms with Gasteiger partial charge < -0.3 is 5.73 Å². The van der Waals surface area contributed by atoms with Crippen molar-refractivity contribution >= 4 is 17.4 Å². The van der Waals surface area contributed by atoms with E-state index in [1.165, 1.54) is 24.5 Å². The predicted octanol–water partition coefficient (Wildman–Crippen LogP) is 3.58. The van der Waals surface area contributed by atoms with Crippen molar-refractivity contribution < 1.29 is 4.39 Å². The van der Waals surface area contributed by atoms with E-state index in [4.69, 9.17) is 17.3 Å². The van der Waals surface area contributed by atoms with Crippen molar-refractivity contribution in [1.82, 2.24) is 15.0 Å². The Labute approximate surface area is 125 Å². The molecule has 21 heavy (non-hydrogen) atoms. The zero-order valence-corrected chi connectivity index (χ0v) is 11.5. The van der Waals surface area contributed by atoms with Crippen molar-refractivity contribution in [1.29, 1.82) is 0 Å². The third-order valence-corrected chi connectivity index (χ3v) is 3.22. The average Bonchev–Trinajstić information content (AvgIpc) is 2.48. The van der Waals surface area contributed by atoms with Crippen LogP contribution in [0.1, 0.15) is 0 Å². The highest BCUT2D eigenvalue weighted by atomic mass is 35.5. The van der Waals surface area contributed by atoms with E-state index in [-0.39, 0.29) is 11.6 Å². The minimum absolute atomic E-state index is 0.253. The number of benzene rings is 1. The van der Waals surface area contributed by atoms with E-state index in [0.717, 1.165) is 0 Å². The number of pyridine rings is 1. The van der Waals surface area contributed by atoms with E-state index in [0.29, 0.717) is 27.5 Å². The molecule has 0 unspecified atom stereocenters. The second-order valence-electron chi connectivity index (χ2n) is 4.36.